The van der Waals surface area contributed by atoms with Gasteiger partial charge in [-0.25, -0.2) is 4.98 Å². The molecule has 0 saturated carbocycles. The normalized spacial score (nSPS) is 10.4. The van der Waals surface area contributed by atoms with E-state index in [1.807, 2.05) is 24.7 Å². The predicted octanol–water partition coefficient (Wildman–Crippen LogP) is 2.25. The van der Waals surface area contributed by atoms with E-state index in [1.54, 1.807) is 16.0 Å². The Bertz CT molecular complexity index is 382. The van der Waals surface area contributed by atoms with Gasteiger partial charge in [0.05, 0.1) is 12.2 Å². The molecule has 0 aliphatic rings. The zero-order chi connectivity index (χ0) is 9.97. The lowest BCUT2D eigenvalue weighted by Crippen LogP contribution is -2.00. The lowest BCUT2D eigenvalue weighted by Gasteiger charge is -1.97. The molecule has 74 valence electrons. The van der Waals surface area contributed by atoms with Crippen molar-refractivity contribution >= 4 is 32.4 Å². The molecular formula is C8H9BrN4S. The van der Waals surface area contributed by atoms with Crippen LogP contribution in [0, 0.1) is 0 Å². The first kappa shape index (κ1) is 9.67. The monoisotopic (exact) mass is 272 g/mol. The Morgan fingerprint density at radius 3 is 3.07 bits per heavy atom. The third-order valence-electron chi connectivity index (χ3n) is 1.67. The van der Waals surface area contributed by atoms with Gasteiger partial charge in [-0.3, -0.25) is 4.68 Å². The van der Waals surface area contributed by atoms with E-state index in [2.05, 4.69) is 31.3 Å². The molecule has 6 heteroatoms. The van der Waals surface area contributed by atoms with Crippen molar-refractivity contribution in [3.8, 4) is 0 Å². The number of hydrogen-bond acceptors (Lipinski definition) is 4. The molecular weight excluding hydrogens is 264 g/mol. The Morgan fingerprint density at radius 2 is 2.50 bits per heavy atom. The van der Waals surface area contributed by atoms with Crippen LogP contribution >= 0.6 is 27.3 Å². The second-order valence-corrected chi connectivity index (χ2v) is 4.48. The zero-order valence-corrected chi connectivity index (χ0v) is 9.97. The Balaban J connectivity index is 1.94. The zero-order valence-electron chi connectivity index (χ0n) is 7.57. The topological polar surface area (TPSA) is 42.7 Å². The van der Waals surface area contributed by atoms with E-state index in [9.17, 15) is 0 Å². The van der Waals surface area contributed by atoms with Crippen molar-refractivity contribution in [2.75, 3.05) is 5.32 Å². The third kappa shape index (κ3) is 2.33. The van der Waals surface area contributed by atoms with E-state index in [0.717, 1.165) is 15.4 Å². The van der Waals surface area contributed by atoms with Crippen molar-refractivity contribution in [1.29, 1.82) is 0 Å². The molecule has 1 N–H and O–H groups in total. The summed E-state index contributed by atoms with van der Waals surface area (Å²) in [6.45, 7) is 0.709. The lowest BCUT2D eigenvalue weighted by molar-refractivity contribution is 0.747. The maximum absolute atomic E-state index is 4.25. The molecule has 2 rings (SSSR count). The average molecular weight is 273 g/mol. The van der Waals surface area contributed by atoms with E-state index >= 15 is 0 Å². The second kappa shape index (κ2) is 4.10. The number of hydrogen-bond donors (Lipinski definition) is 1. The molecule has 14 heavy (non-hydrogen) atoms. The largest absolute Gasteiger partial charge is 0.356 e. The van der Waals surface area contributed by atoms with Crippen LogP contribution < -0.4 is 5.32 Å². The summed E-state index contributed by atoms with van der Waals surface area (Å²) in [7, 11) is 1.91. The van der Waals surface area contributed by atoms with Gasteiger partial charge in [0.15, 0.2) is 5.13 Å². The number of thiazole rings is 1. The van der Waals surface area contributed by atoms with Crippen molar-refractivity contribution in [2.24, 2.45) is 7.05 Å². The Labute approximate surface area is 94.1 Å². The number of rotatable bonds is 3. The number of halogens is 1. The summed E-state index contributed by atoms with van der Waals surface area (Å²) in [5, 5.41) is 10.3. The summed E-state index contributed by atoms with van der Waals surface area (Å²) in [6.07, 6.45) is 1.93. The quantitative estimate of drug-likeness (QED) is 0.932. The van der Waals surface area contributed by atoms with Gasteiger partial charge in [-0.15, -0.1) is 11.3 Å². The SMILES string of the molecule is Cn1ccc(CNc2nc(Br)cs2)n1. The van der Waals surface area contributed by atoms with Gasteiger partial charge in [-0.1, -0.05) is 0 Å². The second-order valence-electron chi connectivity index (χ2n) is 2.81. The van der Waals surface area contributed by atoms with Crippen LogP contribution in [0.15, 0.2) is 22.2 Å². The van der Waals surface area contributed by atoms with Gasteiger partial charge in [0.1, 0.15) is 4.60 Å². The summed E-state index contributed by atoms with van der Waals surface area (Å²) < 4.78 is 2.65. The van der Waals surface area contributed by atoms with Gasteiger partial charge in [-0.2, -0.15) is 5.10 Å². The first-order valence-corrected chi connectivity index (χ1v) is 5.75. The van der Waals surface area contributed by atoms with Crippen molar-refractivity contribution in [3.63, 3.8) is 0 Å². The van der Waals surface area contributed by atoms with Crippen molar-refractivity contribution in [1.82, 2.24) is 14.8 Å². The molecule has 4 nitrogen and oxygen atoms in total. The Hall–Kier alpha value is -0.880. The standard InChI is InChI=1S/C8H9BrN4S/c1-13-3-2-6(12-13)4-10-8-11-7(9)5-14-8/h2-3,5H,4H2,1H3,(H,10,11). The van der Waals surface area contributed by atoms with Crippen molar-refractivity contribution in [2.45, 2.75) is 6.54 Å². The summed E-state index contributed by atoms with van der Waals surface area (Å²) in [4.78, 5) is 4.22. The smallest absolute Gasteiger partial charge is 0.184 e. The number of nitrogens with one attached hydrogen (secondary N) is 1. The van der Waals surface area contributed by atoms with E-state index in [0.29, 0.717) is 6.54 Å². The minimum absolute atomic E-state index is 0.709. The maximum atomic E-state index is 4.25. The number of aryl methyl sites for hydroxylation is 1. The fraction of sp³-hybridized carbons (Fsp3) is 0.250. The molecule has 2 aromatic rings. The summed E-state index contributed by atoms with van der Waals surface area (Å²) in [5.74, 6) is 0. The van der Waals surface area contributed by atoms with Gasteiger partial charge >= 0.3 is 0 Å². The summed E-state index contributed by atoms with van der Waals surface area (Å²) in [5.41, 5.74) is 1.01. The van der Waals surface area contributed by atoms with E-state index in [4.69, 9.17) is 0 Å². The molecule has 0 aromatic carbocycles. The minimum Gasteiger partial charge on any atom is -0.356 e. The fourth-order valence-corrected chi connectivity index (χ4v) is 2.20. The Kier molecular flexibility index (Phi) is 2.83. The van der Waals surface area contributed by atoms with Crippen molar-refractivity contribution in [3.05, 3.63) is 27.9 Å². The molecule has 0 bridgehead atoms. The van der Waals surface area contributed by atoms with Crippen LogP contribution in [-0.2, 0) is 13.6 Å². The van der Waals surface area contributed by atoms with Crippen LogP contribution in [0.1, 0.15) is 5.69 Å². The summed E-state index contributed by atoms with van der Waals surface area (Å²) in [6, 6.07) is 1.98. The molecule has 0 spiro atoms. The van der Waals surface area contributed by atoms with E-state index in [-0.39, 0.29) is 0 Å². The highest BCUT2D eigenvalue weighted by atomic mass is 79.9. The first-order valence-electron chi connectivity index (χ1n) is 4.07. The Morgan fingerprint density at radius 1 is 1.64 bits per heavy atom. The number of nitrogens with zero attached hydrogens (tertiary/aromatic N) is 3. The van der Waals surface area contributed by atoms with E-state index < -0.39 is 0 Å². The lowest BCUT2D eigenvalue weighted by atomic mass is 10.4. The summed E-state index contributed by atoms with van der Waals surface area (Å²) >= 11 is 4.87. The van der Waals surface area contributed by atoms with Crippen LogP contribution in [0.3, 0.4) is 0 Å². The number of anilines is 1. The molecule has 2 aromatic heterocycles. The van der Waals surface area contributed by atoms with Gasteiger partial charge in [0, 0.05) is 18.6 Å². The van der Waals surface area contributed by atoms with Crippen LogP contribution in [0.4, 0.5) is 5.13 Å². The van der Waals surface area contributed by atoms with E-state index in [1.165, 1.54) is 0 Å². The third-order valence-corrected chi connectivity index (χ3v) is 3.18. The predicted molar refractivity (Wildman–Crippen MR) is 60.3 cm³/mol. The molecule has 0 saturated heterocycles. The number of aromatic nitrogens is 3. The molecule has 0 fully saturated rings. The fourth-order valence-electron chi connectivity index (χ4n) is 1.06. The highest BCUT2D eigenvalue weighted by molar-refractivity contribution is 9.10. The van der Waals surface area contributed by atoms with Gasteiger partial charge < -0.3 is 5.32 Å². The van der Waals surface area contributed by atoms with Crippen molar-refractivity contribution < 1.29 is 0 Å². The highest BCUT2D eigenvalue weighted by Crippen LogP contribution is 2.19. The molecule has 0 aliphatic carbocycles. The molecule has 0 amide bonds. The minimum atomic E-state index is 0.709. The van der Waals surface area contributed by atoms with Gasteiger partial charge in [0.2, 0.25) is 0 Å². The van der Waals surface area contributed by atoms with Crippen LogP contribution in [0.25, 0.3) is 0 Å². The van der Waals surface area contributed by atoms with Crippen LogP contribution in [0.5, 0.6) is 0 Å². The molecule has 2 heterocycles. The van der Waals surface area contributed by atoms with Gasteiger partial charge in [-0.05, 0) is 22.0 Å². The van der Waals surface area contributed by atoms with Gasteiger partial charge in [0.25, 0.3) is 0 Å². The highest BCUT2D eigenvalue weighted by Gasteiger charge is 2.00. The van der Waals surface area contributed by atoms with Crippen LogP contribution in [0.2, 0.25) is 0 Å². The molecule has 0 atom stereocenters. The molecule has 0 aliphatic heterocycles. The maximum Gasteiger partial charge on any atom is 0.184 e. The average Bonchev–Trinajstić information content (AvgIpc) is 2.72. The molecule has 0 radical (unpaired) electrons. The molecule has 0 unspecified atom stereocenters. The van der Waals surface area contributed by atoms with Crippen LogP contribution in [-0.4, -0.2) is 14.8 Å². The first-order chi connectivity index (χ1) is 6.74.